The SMILES string of the molecule is CC(C)C(N)C(=O)Nc1cccc(Cl)c1-n1ccnc1. The molecule has 0 aliphatic heterocycles. The van der Waals surface area contributed by atoms with Crippen LogP contribution in [0.5, 0.6) is 0 Å². The number of carbonyl (C=O) groups is 1. The number of nitrogens with one attached hydrogen (secondary N) is 1. The van der Waals surface area contributed by atoms with Crippen LogP contribution in [0.3, 0.4) is 0 Å². The number of para-hydroxylation sites is 1. The number of amides is 1. The Balaban J connectivity index is 2.34. The summed E-state index contributed by atoms with van der Waals surface area (Å²) in [5.74, 6) is -0.172. The lowest BCUT2D eigenvalue weighted by atomic mass is 10.0. The van der Waals surface area contributed by atoms with E-state index in [1.54, 1.807) is 41.5 Å². The van der Waals surface area contributed by atoms with E-state index in [4.69, 9.17) is 17.3 Å². The highest BCUT2D eigenvalue weighted by Gasteiger charge is 2.19. The lowest BCUT2D eigenvalue weighted by Gasteiger charge is -2.18. The van der Waals surface area contributed by atoms with Gasteiger partial charge in [0.1, 0.15) is 0 Å². The van der Waals surface area contributed by atoms with E-state index in [9.17, 15) is 4.79 Å². The van der Waals surface area contributed by atoms with E-state index in [1.807, 2.05) is 13.8 Å². The van der Waals surface area contributed by atoms with Crippen LogP contribution in [0, 0.1) is 5.92 Å². The van der Waals surface area contributed by atoms with E-state index >= 15 is 0 Å². The molecule has 1 heterocycles. The molecule has 1 amide bonds. The van der Waals surface area contributed by atoms with Crippen molar-refractivity contribution in [1.82, 2.24) is 9.55 Å². The highest BCUT2D eigenvalue weighted by atomic mass is 35.5. The van der Waals surface area contributed by atoms with Crippen molar-refractivity contribution in [2.75, 3.05) is 5.32 Å². The number of rotatable bonds is 4. The summed E-state index contributed by atoms with van der Waals surface area (Å²) >= 11 is 6.22. The van der Waals surface area contributed by atoms with Gasteiger partial charge >= 0.3 is 0 Å². The van der Waals surface area contributed by atoms with Gasteiger partial charge in [-0.25, -0.2) is 4.98 Å². The number of anilines is 1. The fraction of sp³-hybridized carbons (Fsp3) is 0.286. The molecule has 3 N–H and O–H groups in total. The molecule has 0 spiro atoms. The summed E-state index contributed by atoms with van der Waals surface area (Å²) in [5.41, 5.74) is 7.14. The Hall–Kier alpha value is -1.85. The van der Waals surface area contributed by atoms with Crippen LogP contribution in [-0.2, 0) is 4.79 Å². The first-order chi connectivity index (χ1) is 9.50. The third-order valence-corrected chi connectivity index (χ3v) is 3.33. The molecule has 106 valence electrons. The fourth-order valence-electron chi connectivity index (χ4n) is 1.79. The van der Waals surface area contributed by atoms with Gasteiger partial charge < -0.3 is 15.6 Å². The summed E-state index contributed by atoms with van der Waals surface area (Å²) in [4.78, 5) is 16.1. The Morgan fingerprint density at radius 1 is 1.45 bits per heavy atom. The predicted octanol–water partition coefficient (Wildman–Crippen LogP) is 2.45. The molecule has 0 bridgehead atoms. The molecule has 0 radical (unpaired) electrons. The van der Waals surface area contributed by atoms with Crippen LogP contribution < -0.4 is 11.1 Å². The highest BCUT2D eigenvalue weighted by Crippen LogP contribution is 2.28. The minimum absolute atomic E-state index is 0.0610. The molecule has 5 nitrogen and oxygen atoms in total. The van der Waals surface area contributed by atoms with Crippen LogP contribution in [0.25, 0.3) is 5.69 Å². The van der Waals surface area contributed by atoms with Crippen molar-refractivity contribution in [2.45, 2.75) is 19.9 Å². The van der Waals surface area contributed by atoms with Crippen LogP contribution in [0.15, 0.2) is 36.9 Å². The summed E-state index contributed by atoms with van der Waals surface area (Å²) in [6, 6.07) is 4.75. The van der Waals surface area contributed by atoms with E-state index < -0.39 is 6.04 Å². The second-order valence-electron chi connectivity index (χ2n) is 4.87. The van der Waals surface area contributed by atoms with Crippen molar-refractivity contribution < 1.29 is 4.79 Å². The lowest BCUT2D eigenvalue weighted by molar-refractivity contribution is -0.118. The molecule has 1 atom stereocenters. The van der Waals surface area contributed by atoms with Crippen molar-refractivity contribution in [3.63, 3.8) is 0 Å². The summed E-state index contributed by atoms with van der Waals surface area (Å²) in [7, 11) is 0. The number of hydrogen-bond donors (Lipinski definition) is 2. The summed E-state index contributed by atoms with van der Waals surface area (Å²) in [5, 5.41) is 3.35. The molecule has 2 aromatic rings. The summed E-state index contributed by atoms with van der Waals surface area (Å²) in [6.45, 7) is 3.80. The number of nitrogens with zero attached hydrogens (tertiary/aromatic N) is 2. The number of halogens is 1. The number of carbonyl (C=O) groups excluding carboxylic acids is 1. The van der Waals surface area contributed by atoms with E-state index in [2.05, 4.69) is 10.3 Å². The van der Waals surface area contributed by atoms with Gasteiger partial charge in [0.25, 0.3) is 0 Å². The largest absolute Gasteiger partial charge is 0.323 e. The molecular weight excluding hydrogens is 276 g/mol. The summed E-state index contributed by atoms with van der Waals surface area (Å²) in [6.07, 6.45) is 5.03. The highest BCUT2D eigenvalue weighted by molar-refractivity contribution is 6.33. The molecule has 1 unspecified atom stereocenters. The van der Waals surface area contributed by atoms with Gasteiger partial charge in [0.15, 0.2) is 0 Å². The monoisotopic (exact) mass is 292 g/mol. The van der Waals surface area contributed by atoms with Crippen molar-refractivity contribution in [3.05, 3.63) is 41.9 Å². The maximum atomic E-state index is 12.1. The van der Waals surface area contributed by atoms with Gasteiger partial charge in [-0.1, -0.05) is 31.5 Å². The molecule has 6 heteroatoms. The van der Waals surface area contributed by atoms with E-state index in [0.29, 0.717) is 16.4 Å². The Morgan fingerprint density at radius 3 is 2.80 bits per heavy atom. The van der Waals surface area contributed by atoms with Gasteiger partial charge in [-0.2, -0.15) is 0 Å². The zero-order valence-electron chi connectivity index (χ0n) is 11.4. The second-order valence-corrected chi connectivity index (χ2v) is 5.27. The molecule has 20 heavy (non-hydrogen) atoms. The number of nitrogens with two attached hydrogens (primary N) is 1. The van der Waals surface area contributed by atoms with E-state index in [0.717, 1.165) is 0 Å². The van der Waals surface area contributed by atoms with Crippen molar-refractivity contribution in [2.24, 2.45) is 11.7 Å². The summed E-state index contributed by atoms with van der Waals surface area (Å²) < 4.78 is 1.75. The third-order valence-electron chi connectivity index (χ3n) is 3.03. The Labute approximate surface area is 122 Å². The third kappa shape index (κ3) is 3.00. The average Bonchev–Trinajstić information content (AvgIpc) is 2.91. The standard InChI is InChI=1S/C14H17ClN4O/c1-9(2)12(16)14(20)18-11-5-3-4-10(15)13(11)19-7-6-17-8-19/h3-9,12H,16H2,1-2H3,(H,18,20). The molecule has 1 aromatic carbocycles. The minimum Gasteiger partial charge on any atom is -0.323 e. The number of aromatic nitrogens is 2. The minimum atomic E-state index is -0.565. The predicted molar refractivity (Wildman–Crippen MR) is 80.0 cm³/mol. The van der Waals surface area contributed by atoms with Crippen LogP contribution >= 0.6 is 11.6 Å². The van der Waals surface area contributed by atoms with Crippen molar-refractivity contribution in [3.8, 4) is 5.69 Å². The zero-order chi connectivity index (χ0) is 14.7. The molecule has 0 saturated heterocycles. The van der Waals surface area contributed by atoms with Gasteiger partial charge in [0.05, 0.1) is 28.8 Å². The van der Waals surface area contributed by atoms with E-state index in [-0.39, 0.29) is 11.8 Å². The quantitative estimate of drug-likeness (QED) is 0.909. The van der Waals surface area contributed by atoms with Crippen molar-refractivity contribution >= 4 is 23.2 Å². The number of imidazole rings is 1. The normalized spacial score (nSPS) is 12.4. The number of benzene rings is 1. The Bertz CT molecular complexity index is 595. The average molecular weight is 293 g/mol. The molecule has 0 fully saturated rings. The Morgan fingerprint density at radius 2 is 2.20 bits per heavy atom. The molecular formula is C14H17ClN4O. The molecule has 1 aromatic heterocycles. The van der Waals surface area contributed by atoms with Gasteiger partial charge in [0.2, 0.25) is 5.91 Å². The molecule has 0 saturated carbocycles. The molecule has 0 aliphatic carbocycles. The fourth-order valence-corrected chi connectivity index (χ4v) is 2.06. The van der Waals surface area contributed by atoms with Gasteiger partial charge in [-0.05, 0) is 18.1 Å². The number of hydrogen-bond acceptors (Lipinski definition) is 3. The van der Waals surface area contributed by atoms with Crippen LogP contribution in [-0.4, -0.2) is 21.5 Å². The first-order valence-corrected chi connectivity index (χ1v) is 6.71. The maximum absolute atomic E-state index is 12.1. The first-order valence-electron chi connectivity index (χ1n) is 6.34. The second kappa shape index (κ2) is 6.07. The zero-order valence-corrected chi connectivity index (χ0v) is 12.1. The van der Waals surface area contributed by atoms with Gasteiger partial charge in [-0.3, -0.25) is 4.79 Å². The molecule has 2 rings (SSSR count). The van der Waals surface area contributed by atoms with Gasteiger partial charge in [-0.15, -0.1) is 0 Å². The Kier molecular flexibility index (Phi) is 4.42. The lowest BCUT2D eigenvalue weighted by Crippen LogP contribution is -2.39. The molecule has 0 aliphatic rings. The first kappa shape index (κ1) is 14.6. The van der Waals surface area contributed by atoms with Crippen LogP contribution in [0.2, 0.25) is 5.02 Å². The topological polar surface area (TPSA) is 72.9 Å². The van der Waals surface area contributed by atoms with E-state index in [1.165, 1.54) is 0 Å². The maximum Gasteiger partial charge on any atom is 0.241 e. The smallest absolute Gasteiger partial charge is 0.241 e. The van der Waals surface area contributed by atoms with Crippen LogP contribution in [0.4, 0.5) is 5.69 Å². The van der Waals surface area contributed by atoms with Crippen molar-refractivity contribution in [1.29, 1.82) is 0 Å². The van der Waals surface area contributed by atoms with Crippen LogP contribution in [0.1, 0.15) is 13.8 Å². The van der Waals surface area contributed by atoms with Gasteiger partial charge in [0, 0.05) is 12.4 Å².